The number of para-hydroxylation sites is 4. The lowest BCUT2D eigenvalue weighted by Gasteiger charge is -2.22. The highest BCUT2D eigenvalue weighted by Gasteiger charge is 2.27. The molecule has 6 heteroatoms. The molecule has 192 valence electrons. The normalized spacial score (nSPS) is 10.7. The molecule has 0 aliphatic rings. The Hall–Kier alpha value is -4.86. The van der Waals surface area contributed by atoms with Crippen molar-refractivity contribution in [2.24, 2.45) is 0 Å². The summed E-state index contributed by atoms with van der Waals surface area (Å²) in [4.78, 5) is 12.6. The molecule has 5 rings (SSSR count). The van der Waals surface area contributed by atoms with Crippen molar-refractivity contribution in [3.8, 4) is 46.0 Å². The summed E-state index contributed by atoms with van der Waals surface area (Å²) in [6.07, 6.45) is 1.30. The largest absolute Gasteiger partial charge is 0.453 e. The maximum atomic E-state index is 12.6. The zero-order valence-corrected chi connectivity index (χ0v) is 22.0. The Kier molecular flexibility index (Phi) is 8.32. The van der Waals surface area contributed by atoms with Gasteiger partial charge in [-0.15, -0.1) is 0 Å². The smallest absolute Gasteiger partial charge is 0.216 e. The summed E-state index contributed by atoms with van der Waals surface area (Å²) >= 11 is 0. The molecule has 0 fully saturated rings. The van der Waals surface area contributed by atoms with Crippen molar-refractivity contribution in [1.82, 2.24) is 0 Å². The minimum atomic E-state index is -0.290. The Bertz CT molecular complexity index is 1540. The molecule has 39 heavy (non-hydrogen) atoms. The molecule has 0 amide bonds. The molecule has 5 aromatic carbocycles. The van der Waals surface area contributed by atoms with Crippen LogP contribution in [0.15, 0.2) is 140 Å². The van der Waals surface area contributed by atoms with E-state index in [4.69, 9.17) is 18.9 Å². The topological polar surface area (TPSA) is 54.0 Å². The van der Waals surface area contributed by atoms with Crippen LogP contribution in [-0.4, -0.2) is 5.52 Å². The first-order valence-corrected chi connectivity index (χ1v) is 13.3. The lowest BCUT2D eigenvalue weighted by atomic mass is 10.2. The third kappa shape index (κ3) is 6.72. The van der Waals surface area contributed by atoms with Gasteiger partial charge in [-0.25, -0.2) is 0 Å². The quantitative estimate of drug-likeness (QED) is 0.126. The van der Waals surface area contributed by atoms with E-state index in [-0.39, 0.29) is 19.9 Å². The van der Waals surface area contributed by atoms with Gasteiger partial charge in [0.05, 0.1) is 0 Å². The fourth-order valence-electron chi connectivity index (χ4n) is 3.68. The van der Waals surface area contributed by atoms with Crippen LogP contribution in [0.25, 0.3) is 0 Å². The van der Waals surface area contributed by atoms with Gasteiger partial charge in [-0.2, -0.15) is 0 Å². The van der Waals surface area contributed by atoms with Crippen LogP contribution >= 0.6 is 8.58 Å². The number of benzene rings is 5. The number of ether oxygens (including phenoxy) is 4. The SMILES string of the molecule is C=CC(=O)Pc1cc(Oc2ccccc2)c(Oc2ccccc2)c(Oc2ccccc2)c1Oc1ccccc1. The van der Waals surface area contributed by atoms with Gasteiger partial charge in [-0.1, -0.05) is 79.4 Å². The molecule has 0 N–H and O–H groups in total. The molecule has 0 saturated carbocycles. The molecule has 0 spiro atoms. The lowest BCUT2D eigenvalue weighted by Crippen LogP contribution is -2.08. The van der Waals surface area contributed by atoms with Crippen LogP contribution < -0.4 is 24.3 Å². The van der Waals surface area contributed by atoms with E-state index < -0.39 is 0 Å². The van der Waals surface area contributed by atoms with E-state index in [0.717, 1.165) is 0 Å². The molecule has 1 unspecified atom stereocenters. The van der Waals surface area contributed by atoms with E-state index in [0.29, 0.717) is 45.6 Å². The minimum Gasteiger partial charge on any atom is -0.453 e. The molecule has 5 nitrogen and oxygen atoms in total. The van der Waals surface area contributed by atoms with E-state index in [9.17, 15) is 4.79 Å². The first-order chi connectivity index (χ1) is 19.2. The van der Waals surface area contributed by atoms with E-state index in [1.54, 1.807) is 6.07 Å². The van der Waals surface area contributed by atoms with Gasteiger partial charge in [-0.05, 0) is 69.3 Å². The molecule has 0 heterocycles. The summed E-state index contributed by atoms with van der Waals surface area (Å²) in [5.74, 6) is 3.63. The summed E-state index contributed by atoms with van der Waals surface area (Å²) in [5, 5.41) is 0.584. The van der Waals surface area contributed by atoms with Gasteiger partial charge in [0, 0.05) is 5.30 Å². The number of carbonyl (C=O) groups excluding carboxylic acids is 1. The Balaban J connectivity index is 1.75. The number of allylic oxidation sites excluding steroid dienone is 1. The van der Waals surface area contributed by atoms with Crippen molar-refractivity contribution in [3.05, 3.63) is 140 Å². The average molecular weight is 533 g/mol. The van der Waals surface area contributed by atoms with Gasteiger partial charge < -0.3 is 18.9 Å². The summed E-state index contributed by atoms with van der Waals surface area (Å²) < 4.78 is 25.6. The molecular weight excluding hydrogens is 507 g/mol. The van der Waals surface area contributed by atoms with Crippen LogP contribution in [0.2, 0.25) is 0 Å². The van der Waals surface area contributed by atoms with Crippen LogP contribution in [0.3, 0.4) is 0 Å². The van der Waals surface area contributed by atoms with E-state index >= 15 is 0 Å². The molecule has 0 aliphatic heterocycles. The second-order valence-corrected chi connectivity index (χ2v) is 9.54. The molecule has 0 bridgehead atoms. The number of hydrogen-bond acceptors (Lipinski definition) is 5. The number of hydrogen-bond donors (Lipinski definition) is 0. The van der Waals surface area contributed by atoms with Crippen molar-refractivity contribution in [2.75, 3.05) is 0 Å². The second-order valence-electron chi connectivity index (χ2n) is 8.26. The van der Waals surface area contributed by atoms with Gasteiger partial charge in [0.1, 0.15) is 23.0 Å². The van der Waals surface area contributed by atoms with Gasteiger partial charge in [0.2, 0.25) is 11.5 Å². The molecular formula is C33H25O5P. The molecule has 0 aliphatic carbocycles. The predicted molar refractivity (Wildman–Crippen MR) is 156 cm³/mol. The third-order valence-corrected chi connectivity index (χ3v) is 6.55. The summed E-state index contributed by atoms with van der Waals surface area (Å²) in [5.41, 5.74) is -0.152. The zero-order chi connectivity index (χ0) is 26.9. The van der Waals surface area contributed by atoms with E-state index in [1.165, 1.54) is 6.08 Å². The average Bonchev–Trinajstić information content (AvgIpc) is 2.98. The molecule has 0 aromatic heterocycles. The minimum absolute atomic E-state index is 0.152. The van der Waals surface area contributed by atoms with Crippen molar-refractivity contribution in [1.29, 1.82) is 0 Å². The Morgan fingerprint density at radius 3 is 1.36 bits per heavy atom. The Labute approximate surface area is 229 Å². The summed E-state index contributed by atoms with van der Waals surface area (Å²) in [6, 6.07) is 39.1. The van der Waals surface area contributed by atoms with Gasteiger partial charge in [0.25, 0.3) is 0 Å². The van der Waals surface area contributed by atoms with Crippen LogP contribution in [0.1, 0.15) is 0 Å². The first kappa shape index (κ1) is 25.8. The maximum Gasteiger partial charge on any atom is 0.216 e. The van der Waals surface area contributed by atoms with Crippen molar-refractivity contribution >= 4 is 19.4 Å². The highest BCUT2D eigenvalue weighted by atomic mass is 31.1. The molecule has 1 atom stereocenters. The fraction of sp³-hybridized carbons (Fsp3) is 0. The van der Waals surface area contributed by atoms with Crippen molar-refractivity contribution in [2.45, 2.75) is 0 Å². The zero-order valence-electron chi connectivity index (χ0n) is 21.0. The van der Waals surface area contributed by atoms with Crippen LogP contribution in [0.5, 0.6) is 46.0 Å². The highest BCUT2D eigenvalue weighted by molar-refractivity contribution is 7.66. The first-order valence-electron chi connectivity index (χ1n) is 12.3. The summed E-state index contributed by atoms with van der Waals surface area (Å²) in [7, 11) is -0.290. The van der Waals surface area contributed by atoms with Crippen molar-refractivity contribution < 1.29 is 23.7 Å². The van der Waals surface area contributed by atoms with Gasteiger partial charge in [0.15, 0.2) is 17.0 Å². The Morgan fingerprint density at radius 1 is 0.538 bits per heavy atom. The van der Waals surface area contributed by atoms with Crippen LogP contribution in [0.4, 0.5) is 0 Å². The number of rotatable bonds is 11. The predicted octanol–water partition coefficient (Wildman–Crippen LogP) is 8.87. The van der Waals surface area contributed by atoms with Gasteiger partial charge >= 0.3 is 0 Å². The molecule has 0 saturated heterocycles. The highest BCUT2D eigenvalue weighted by Crippen LogP contribution is 2.51. The third-order valence-electron chi connectivity index (χ3n) is 5.46. The van der Waals surface area contributed by atoms with E-state index in [2.05, 4.69) is 6.58 Å². The Morgan fingerprint density at radius 2 is 0.923 bits per heavy atom. The number of carbonyl (C=O) groups is 1. The molecule has 5 aromatic rings. The lowest BCUT2D eigenvalue weighted by molar-refractivity contribution is -0.107. The standard InChI is InChI=1S/C33H25O5P/c1-2-30(34)39-29-23-28(35-24-15-7-3-8-16-24)31(36-25-17-9-4-10-18-25)33(38-27-21-13-6-14-22-27)32(29)37-26-19-11-5-12-20-26/h2-23,39H,1H2. The monoisotopic (exact) mass is 532 g/mol. The van der Waals surface area contributed by atoms with Gasteiger partial charge in [-0.3, -0.25) is 4.79 Å². The van der Waals surface area contributed by atoms with Crippen LogP contribution in [0, 0.1) is 0 Å². The maximum absolute atomic E-state index is 12.6. The van der Waals surface area contributed by atoms with E-state index in [1.807, 2.05) is 121 Å². The van der Waals surface area contributed by atoms with Crippen molar-refractivity contribution in [3.63, 3.8) is 0 Å². The molecule has 0 radical (unpaired) electrons. The van der Waals surface area contributed by atoms with Crippen LogP contribution in [-0.2, 0) is 4.79 Å². The summed E-state index contributed by atoms with van der Waals surface area (Å²) in [6.45, 7) is 3.65. The fourth-order valence-corrected chi connectivity index (χ4v) is 4.53. The second kappa shape index (κ2) is 12.6.